The molecule has 0 bridgehead atoms. The predicted octanol–water partition coefficient (Wildman–Crippen LogP) is 4.60. The van der Waals surface area contributed by atoms with E-state index in [1.165, 1.54) is 18.4 Å². The molecule has 1 aliphatic rings. The van der Waals surface area contributed by atoms with Gasteiger partial charge in [0, 0.05) is 24.0 Å². The molecule has 3 nitrogen and oxygen atoms in total. The Morgan fingerprint density at radius 3 is 2.96 bits per heavy atom. The molecule has 0 spiro atoms. The Hall–Kier alpha value is -1.84. The maximum atomic E-state index is 6.10. The van der Waals surface area contributed by atoms with Crippen LogP contribution in [0.4, 0.5) is 0 Å². The molecule has 1 aromatic heterocycles. The number of halogens is 1. The number of fused-ring (bicyclic) bond motifs is 1. The summed E-state index contributed by atoms with van der Waals surface area (Å²) in [6.45, 7) is 3.15. The Morgan fingerprint density at radius 1 is 1.17 bits per heavy atom. The standard InChI is InChI=1S/C19H20ClN3/c20-16-7-3-5-14(11-16)12-23-10-4-6-15(13-23)19-21-17-8-1-2-9-18(17)22-19/h1-3,5,7-9,11,15H,4,6,10,12-13H2,(H,21,22). The highest BCUT2D eigenvalue weighted by Gasteiger charge is 2.23. The second-order valence-corrected chi connectivity index (χ2v) is 6.78. The number of hydrogen-bond acceptors (Lipinski definition) is 2. The summed E-state index contributed by atoms with van der Waals surface area (Å²) < 4.78 is 0. The van der Waals surface area contributed by atoms with E-state index in [0.29, 0.717) is 5.92 Å². The van der Waals surface area contributed by atoms with Crippen LogP contribution in [0.25, 0.3) is 11.0 Å². The van der Waals surface area contributed by atoms with E-state index in [9.17, 15) is 0 Å². The van der Waals surface area contributed by atoms with Crippen molar-refractivity contribution < 1.29 is 0 Å². The van der Waals surface area contributed by atoms with Gasteiger partial charge in [-0.3, -0.25) is 4.90 Å². The minimum atomic E-state index is 0.482. The molecule has 1 N–H and O–H groups in total. The third-order valence-electron chi connectivity index (χ3n) is 4.60. The molecule has 1 fully saturated rings. The summed E-state index contributed by atoms with van der Waals surface area (Å²) in [5, 5.41) is 0.813. The van der Waals surface area contributed by atoms with E-state index in [1.807, 2.05) is 18.2 Å². The summed E-state index contributed by atoms with van der Waals surface area (Å²) in [5.41, 5.74) is 3.48. The van der Waals surface area contributed by atoms with Gasteiger partial charge in [-0.05, 0) is 49.2 Å². The van der Waals surface area contributed by atoms with Crippen LogP contribution in [0.1, 0.15) is 30.1 Å². The van der Waals surface area contributed by atoms with Crippen LogP contribution in [-0.2, 0) is 6.54 Å². The van der Waals surface area contributed by atoms with Crippen molar-refractivity contribution in [2.24, 2.45) is 0 Å². The zero-order valence-corrected chi connectivity index (χ0v) is 13.8. The largest absolute Gasteiger partial charge is 0.342 e. The van der Waals surface area contributed by atoms with Gasteiger partial charge < -0.3 is 4.98 Å². The molecule has 0 radical (unpaired) electrons. The first-order chi connectivity index (χ1) is 11.3. The summed E-state index contributed by atoms with van der Waals surface area (Å²) in [5.74, 6) is 1.61. The van der Waals surface area contributed by atoms with Gasteiger partial charge in [0.15, 0.2) is 0 Å². The zero-order chi connectivity index (χ0) is 15.6. The fourth-order valence-electron chi connectivity index (χ4n) is 3.48. The van der Waals surface area contributed by atoms with Gasteiger partial charge in [-0.15, -0.1) is 0 Å². The molecule has 4 rings (SSSR count). The summed E-state index contributed by atoms with van der Waals surface area (Å²) in [7, 11) is 0. The van der Waals surface area contributed by atoms with Crippen LogP contribution in [-0.4, -0.2) is 28.0 Å². The van der Waals surface area contributed by atoms with E-state index in [4.69, 9.17) is 16.6 Å². The molecular weight excluding hydrogens is 306 g/mol. The lowest BCUT2D eigenvalue weighted by Gasteiger charge is -2.31. The third-order valence-corrected chi connectivity index (χ3v) is 4.83. The van der Waals surface area contributed by atoms with E-state index >= 15 is 0 Å². The number of hydrogen-bond donors (Lipinski definition) is 1. The highest BCUT2D eigenvalue weighted by Crippen LogP contribution is 2.27. The SMILES string of the molecule is Clc1cccc(CN2CCCC(c3nc4ccccc4[nH]3)C2)c1. The van der Waals surface area contributed by atoms with Gasteiger partial charge in [0.2, 0.25) is 0 Å². The topological polar surface area (TPSA) is 31.9 Å². The van der Waals surface area contributed by atoms with E-state index < -0.39 is 0 Å². The molecular formula is C19H20ClN3. The van der Waals surface area contributed by atoms with E-state index in [0.717, 1.165) is 41.5 Å². The zero-order valence-electron chi connectivity index (χ0n) is 13.0. The lowest BCUT2D eigenvalue weighted by Crippen LogP contribution is -2.34. The molecule has 2 aromatic carbocycles. The number of likely N-dealkylation sites (tertiary alicyclic amines) is 1. The van der Waals surface area contributed by atoms with Gasteiger partial charge in [0.25, 0.3) is 0 Å². The smallest absolute Gasteiger partial charge is 0.111 e. The fraction of sp³-hybridized carbons (Fsp3) is 0.316. The Kier molecular flexibility index (Phi) is 4.06. The number of piperidine rings is 1. The van der Waals surface area contributed by atoms with E-state index in [-0.39, 0.29) is 0 Å². The monoisotopic (exact) mass is 325 g/mol. The highest BCUT2D eigenvalue weighted by molar-refractivity contribution is 6.30. The normalized spacial score (nSPS) is 19.3. The van der Waals surface area contributed by atoms with E-state index in [1.54, 1.807) is 0 Å². The maximum Gasteiger partial charge on any atom is 0.111 e. The fourth-order valence-corrected chi connectivity index (χ4v) is 3.69. The van der Waals surface area contributed by atoms with Crippen molar-refractivity contribution in [2.75, 3.05) is 13.1 Å². The van der Waals surface area contributed by atoms with Crippen LogP contribution in [0, 0.1) is 0 Å². The highest BCUT2D eigenvalue weighted by atomic mass is 35.5. The molecule has 1 unspecified atom stereocenters. The number of nitrogens with one attached hydrogen (secondary N) is 1. The Labute approximate surface area is 141 Å². The number of rotatable bonds is 3. The van der Waals surface area contributed by atoms with E-state index in [2.05, 4.69) is 40.2 Å². The van der Waals surface area contributed by atoms with Crippen LogP contribution < -0.4 is 0 Å². The van der Waals surface area contributed by atoms with Crippen LogP contribution in [0.15, 0.2) is 48.5 Å². The number of para-hydroxylation sites is 2. The van der Waals surface area contributed by atoms with Crippen molar-refractivity contribution >= 4 is 22.6 Å². The summed E-state index contributed by atoms with van der Waals surface area (Å²) in [6, 6.07) is 16.4. The molecule has 118 valence electrons. The molecule has 1 aliphatic heterocycles. The molecule has 0 amide bonds. The van der Waals surface area contributed by atoms with Gasteiger partial charge in [0.1, 0.15) is 5.82 Å². The van der Waals surface area contributed by atoms with Gasteiger partial charge >= 0.3 is 0 Å². The number of benzene rings is 2. The third kappa shape index (κ3) is 3.26. The average Bonchev–Trinajstić information content (AvgIpc) is 2.99. The summed E-state index contributed by atoms with van der Waals surface area (Å²) >= 11 is 6.10. The first-order valence-corrected chi connectivity index (χ1v) is 8.57. The first kappa shape index (κ1) is 14.7. The number of imidazole rings is 1. The molecule has 23 heavy (non-hydrogen) atoms. The Morgan fingerprint density at radius 2 is 2.09 bits per heavy atom. The molecule has 1 saturated heterocycles. The predicted molar refractivity (Wildman–Crippen MR) is 94.8 cm³/mol. The Bertz CT molecular complexity index is 778. The van der Waals surface area contributed by atoms with Gasteiger partial charge in [-0.1, -0.05) is 35.9 Å². The quantitative estimate of drug-likeness (QED) is 0.763. The minimum Gasteiger partial charge on any atom is -0.342 e. The van der Waals surface area contributed by atoms with Gasteiger partial charge in [-0.25, -0.2) is 4.98 Å². The molecule has 4 heteroatoms. The van der Waals surface area contributed by atoms with Crippen LogP contribution in [0.3, 0.4) is 0 Å². The van der Waals surface area contributed by atoms with Gasteiger partial charge in [-0.2, -0.15) is 0 Å². The molecule has 3 aromatic rings. The maximum absolute atomic E-state index is 6.10. The second-order valence-electron chi connectivity index (χ2n) is 6.34. The summed E-state index contributed by atoms with van der Waals surface area (Å²) in [6.07, 6.45) is 2.41. The molecule has 0 aliphatic carbocycles. The number of H-pyrrole nitrogens is 1. The van der Waals surface area contributed by atoms with Crippen molar-refractivity contribution in [2.45, 2.75) is 25.3 Å². The minimum absolute atomic E-state index is 0.482. The van der Waals surface area contributed by atoms with Crippen molar-refractivity contribution in [3.63, 3.8) is 0 Å². The lowest BCUT2D eigenvalue weighted by molar-refractivity contribution is 0.197. The molecule has 2 heterocycles. The molecule has 1 atom stereocenters. The second kappa shape index (κ2) is 6.34. The van der Waals surface area contributed by atoms with Crippen molar-refractivity contribution in [3.8, 4) is 0 Å². The van der Waals surface area contributed by atoms with Crippen LogP contribution in [0.5, 0.6) is 0 Å². The number of nitrogens with zero attached hydrogens (tertiary/aromatic N) is 2. The van der Waals surface area contributed by atoms with Crippen LogP contribution >= 0.6 is 11.6 Å². The summed E-state index contributed by atoms with van der Waals surface area (Å²) in [4.78, 5) is 10.8. The number of aromatic nitrogens is 2. The number of aromatic amines is 1. The average molecular weight is 326 g/mol. The van der Waals surface area contributed by atoms with Gasteiger partial charge in [0.05, 0.1) is 11.0 Å². The van der Waals surface area contributed by atoms with Crippen LogP contribution in [0.2, 0.25) is 5.02 Å². The van der Waals surface area contributed by atoms with Crippen molar-refractivity contribution in [1.82, 2.24) is 14.9 Å². The Balaban J connectivity index is 1.50. The van der Waals surface area contributed by atoms with Crippen molar-refractivity contribution in [3.05, 3.63) is 64.9 Å². The van der Waals surface area contributed by atoms with Crippen molar-refractivity contribution in [1.29, 1.82) is 0 Å². The lowest BCUT2D eigenvalue weighted by atomic mass is 9.97. The molecule has 0 saturated carbocycles. The first-order valence-electron chi connectivity index (χ1n) is 8.19.